The van der Waals surface area contributed by atoms with E-state index in [9.17, 15) is 5.11 Å². The number of nitrogens with one attached hydrogen (secondary N) is 1. The van der Waals surface area contributed by atoms with Gasteiger partial charge in [0, 0.05) is 24.2 Å². The third kappa shape index (κ3) is 2.17. The molecule has 2 N–H and O–H groups in total. The second kappa shape index (κ2) is 4.90. The van der Waals surface area contributed by atoms with Crippen LogP contribution in [-0.2, 0) is 0 Å². The molecule has 4 rings (SSSR count). The van der Waals surface area contributed by atoms with Crippen molar-refractivity contribution in [2.24, 2.45) is 0 Å². The maximum atomic E-state index is 9.64. The number of nitrogens with zero attached hydrogens (tertiary/aromatic N) is 2. The number of β-amino-alcohol motifs (C(OH)–C–C–N with tert-alkyl or cyclic N) is 1. The Hall–Kier alpha value is -2.33. The molecular formula is C17H17N3O. The first-order valence-electron chi connectivity index (χ1n) is 7.27. The van der Waals surface area contributed by atoms with Gasteiger partial charge in [-0.1, -0.05) is 24.3 Å². The summed E-state index contributed by atoms with van der Waals surface area (Å²) in [6.45, 7) is 1.66. The Bertz CT molecular complexity index is 763. The molecule has 0 aliphatic carbocycles. The van der Waals surface area contributed by atoms with Gasteiger partial charge < -0.3 is 10.0 Å². The number of benzene rings is 2. The van der Waals surface area contributed by atoms with Crippen LogP contribution in [0.5, 0.6) is 0 Å². The van der Waals surface area contributed by atoms with Crippen molar-refractivity contribution in [3.63, 3.8) is 0 Å². The molecule has 4 heteroatoms. The largest absolute Gasteiger partial charge is 0.391 e. The Morgan fingerprint density at radius 1 is 1.14 bits per heavy atom. The Labute approximate surface area is 123 Å². The lowest BCUT2D eigenvalue weighted by Crippen LogP contribution is -2.20. The molecule has 1 fully saturated rings. The summed E-state index contributed by atoms with van der Waals surface area (Å²) in [6.07, 6.45) is 2.54. The summed E-state index contributed by atoms with van der Waals surface area (Å²) in [7, 11) is 0. The molecule has 2 heterocycles. The molecule has 1 aliphatic rings. The van der Waals surface area contributed by atoms with Crippen molar-refractivity contribution in [2.75, 3.05) is 18.0 Å². The average Bonchev–Trinajstić information content (AvgIpc) is 3.15. The maximum absolute atomic E-state index is 9.64. The molecule has 0 radical (unpaired) electrons. The number of aromatic amines is 1. The van der Waals surface area contributed by atoms with Gasteiger partial charge in [0.2, 0.25) is 0 Å². The molecule has 1 atom stereocenters. The van der Waals surface area contributed by atoms with Gasteiger partial charge in [0.25, 0.3) is 0 Å². The number of hydrogen-bond acceptors (Lipinski definition) is 3. The van der Waals surface area contributed by atoms with E-state index in [1.807, 2.05) is 18.3 Å². The van der Waals surface area contributed by atoms with E-state index in [4.69, 9.17) is 0 Å². The molecule has 21 heavy (non-hydrogen) atoms. The van der Waals surface area contributed by atoms with Crippen molar-refractivity contribution in [1.82, 2.24) is 10.2 Å². The van der Waals surface area contributed by atoms with Crippen LogP contribution in [0.2, 0.25) is 0 Å². The summed E-state index contributed by atoms with van der Waals surface area (Å²) < 4.78 is 0. The van der Waals surface area contributed by atoms with Crippen LogP contribution in [0, 0.1) is 0 Å². The monoisotopic (exact) mass is 279 g/mol. The Morgan fingerprint density at radius 3 is 2.76 bits per heavy atom. The standard InChI is InChI=1S/C17H17N3O/c21-14-8-9-20(11-14)13-6-4-12(5-7-13)15-2-1-3-17-16(15)10-18-19-17/h1-7,10,14,21H,8-9,11H2,(H,18,19). The van der Waals surface area contributed by atoms with Gasteiger partial charge in [0.15, 0.2) is 0 Å². The molecule has 106 valence electrons. The van der Waals surface area contributed by atoms with E-state index in [1.165, 1.54) is 16.8 Å². The number of fused-ring (bicyclic) bond motifs is 1. The molecule has 4 nitrogen and oxygen atoms in total. The summed E-state index contributed by atoms with van der Waals surface area (Å²) >= 11 is 0. The molecule has 0 spiro atoms. The fourth-order valence-corrected chi connectivity index (χ4v) is 3.05. The topological polar surface area (TPSA) is 52.1 Å². The van der Waals surface area contributed by atoms with E-state index in [0.29, 0.717) is 0 Å². The third-order valence-corrected chi connectivity index (χ3v) is 4.19. The molecule has 2 aromatic carbocycles. The third-order valence-electron chi connectivity index (χ3n) is 4.19. The average molecular weight is 279 g/mol. The highest BCUT2D eigenvalue weighted by atomic mass is 16.3. The van der Waals surface area contributed by atoms with E-state index >= 15 is 0 Å². The molecule has 0 saturated carbocycles. The molecule has 0 amide bonds. The predicted molar refractivity (Wildman–Crippen MR) is 84.4 cm³/mol. The predicted octanol–water partition coefficient (Wildman–Crippen LogP) is 2.80. The minimum Gasteiger partial charge on any atom is -0.391 e. The highest BCUT2D eigenvalue weighted by Gasteiger charge is 2.20. The fraction of sp³-hybridized carbons (Fsp3) is 0.235. The van der Waals surface area contributed by atoms with Gasteiger partial charge in [0.05, 0.1) is 17.8 Å². The highest BCUT2D eigenvalue weighted by molar-refractivity contribution is 5.94. The number of aromatic nitrogens is 2. The zero-order valence-corrected chi connectivity index (χ0v) is 11.7. The summed E-state index contributed by atoms with van der Waals surface area (Å²) in [5.74, 6) is 0. The van der Waals surface area contributed by atoms with Crippen LogP contribution >= 0.6 is 0 Å². The van der Waals surface area contributed by atoms with E-state index < -0.39 is 0 Å². The zero-order valence-electron chi connectivity index (χ0n) is 11.7. The Kier molecular flexibility index (Phi) is 2.89. The summed E-state index contributed by atoms with van der Waals surface area (Å²) in [4.78, 5) is 2.23. The summed E-state index contributed by atoms with van der Waals surface area (Å²) in [6, 6.07) is 14.7. The van der Waals surface area contributed by atoms with Gasteiger partial charge >= 0.3 is 0 Å². The second-order valence-electron chi connectivity index (χ2n) is 5.57. The fourth-order valence-electron chi connectivity index (χ4n) is 3.05. The van der Waals surface area contributed by atoms with Crippen molar-refractivity contribution >= 4 is 16.6 Å². The second-order valence-corrected chi connectivity index (χ2v) is 5.57. The van der Waals surface area contributed by atoms with Gasteiger partial charge in [-0.15, -0.1) is 0 Å². The number of rotatable bonds is 2. The van der Waals surface area contributed by atoms with Crippen LogP contribution in [-0.4, -0.2) is 34.5 Å². The lowest BCUT2D eigenvalue weighted by atomic mass is 10.0. The van der Waals surface area contributed by atoms with Crippen molar-refractivity contribution in [3.05, 3.63) is 48.7 Å². The number of H-pyrrole nitrogens is 1. The first kappa shape index (κ1) is 12.4. The normalized spacial score (nSPS) is 18.5. The van der Waals surface area contributed by atoms with Gasteiger partial charge in [-0.3, -0.25) is 5.10 Å². The minimum atomic E-state index is -0.190. The molecule has 1 unspecified atom stereocenters. The van der Waals surface area contributed by atoms with Crippen LogP contribution in [0.25, 0.3) is 22.0 Å². The smallest absolute Gasteiger partial charge is 0.0731 e. The van der Waals surface area contributed by atoms with Crippen LogP contribution in [0.15, 0.2) is 48.7 Å². The quantitative estimate of drug-likeness (QED) is 0.758. The van der Waals surface area contributed by atoms with Crippen molar-refractivity contribution in [1.29, 1.82) is 0 Å². The van der Waals surface area contributed by atoms with Gasteiger partial charge in [0.1, 0.15) is 0 Å². The summed E-state index contributed by atoms with van der Waals surface area (Å²) in [5.41, 5.74) is 4.61. The van der Waals surface area contributed by atoms with Crippen molar-refractivity contribution in [2.45, 2.75) is 12.5 Å². The first-order valence-corrected chi connectivity index (χ1v) is 7.27. The molecule has 3 aromatic rings. The minimum absolute atomic E-state index is 0.190. The van der Waals surface area contributed by atoms with E-state index in [1.54, 1.807) is 0 Å². The van der Waals surface area contributed by atoms with Gasteiger partial charge in [-0.05, 0) is 35.7 Å². The molecule has 0 bridgehead atoms. The lowest BCUT2D eigenvalue weighted by Gasteiger charge is -2.18. The molecular weight excluding hydrogens is 262 g/mol. The van der Waals surface area contributed by atoms with Gasteiger partial charge in [-0.2, -0.15) is 5.10 Å². The first-order chi connectivity index (χ1) is 10.3. The van der Waals surface area contributed by atoms with Crippen LogP contribution in [0.4, 0.5) is 5.69 Å². The Balaban J connectivity index is 1.69. The zero-order chi connectivity index (χ0) is 14.2. The SMILES string of the molecule is OC1CCN(c2ccc(-c3cccc4[nH]ncc34)cc2)C1. The number of hydrogen-bond donors (Lipinski definition) is 2. The van der Waals surface area contributed by atoms with Crippen LogP contribution in [0.3, 0.4) is 0 Å². The van der Waals surface area contributed by atoms with Gasteiger partial charge in [-0.25, -0.2) is 0 Å². The molecule has 1 saturated heterocycles. The van der Waals surface area contributed by atoms with Crippen molar-refractivity contribution in [3.8, 4) is 11.1 Å². The number of aliphatic hydroxyl groups is 1. The lowest BCUT2D eigenvalue weighted by molar-refractivity contribution is 0.198. The number of aliphatic hydroxyl groups excluding tert-OH is 1. The van der Waals surface area contributed by atoms with Crippen LogP contribution < -0.4 is 4.90 Å². The molecule has 1 aliphatic heterocycles. The number of anilines is 1. The van der Waals surface area contributed by atoms with Crippen molar-refractivity contribution < 1.29 is 5.11 Å². The van der Waals surface area contributed by atoms with E-state index in [-0.39, 0.29) is 6.10 Å². The van der Waals surface area contributed by atoms with E-state index in [2.05, 4.69) is 45.4 Å². The van der Waals surface area contributed by atoms with E-state index in [0.717, 1.165) is 30.4 Å². The van der Waals surface area contributed by atoms with Crippen LogP contribution in [0.1, 0.15) is 6.42 Å². The molecule has 1 aromatic heterocycles. The maximum Gasteiger partial charge on any atom is 0.0731 e. The highest BCUT2D eigenvalue weighted by Crippen LogP contribution is 2.29. The summed E-state index contributed by atoms with van der Waals surface area (Å²) in [5, 5.41) is 17.9. The Morgan fingerprint density at radius 2 is 2.00 bits per heavy atom.